The molecule has 1 aliphatic carbocycles. The van der Waals surface area contributed by atoms with E-state index in [1.807, 2.05) is 42.2 Å². The third kappa shape index (κ3) is 3.57. The molecule has 0 atom stereocenters. The number of hydrogen-bond acceptors (Lipinski definition) is 2. The molecule has 2 aliphatic rings. The molecular weight excluding hydrogens is 288 g/mol. The zero-order chi connectivity index (χ0) is 16.3. The molecule has 4 nitrogen and oxygen atoms in total. The number of hydrogen-bond donors (Lipinski definition) is 1. The number of rotatable bonds is 4. The topological polar surface area (TPSA) is 49.4 Å². The molecule has 2 amide bonds. The van der Waals surface area contributed by atoms with E-state index < -0.39 is 0 Å². The number of nitrogens with zero attached hydrogens (tertiary/aromatic N) is 1. The number of carbonyl (C=O) groups excluding carboxylic acids is 2. The Balaban J connectivity index is 1.50. The van der Waals surface area contributed by atoms with Gasteiger partial charge in [-0.25, -0.2) is 0 Å². The average Bonchev–Trinajstić information content (AvgIpc) is 2.52. The lowest BCUT2D eigenvalue weighted by Crippen LogP contribution is -2.50. The van der Waals surface area contributed by atoms with Gasteiger partial charge >= 0.3 is 0 Å². The van der Waals surface area contributed by atoms with Crippen molar-refractivity contribution in [2.24, 2.45) is 11.3 Å². The standard InChI is InChI=1S/C19H26N2O2/c1-19(18(23)20-14-15-6-3-2-4-7-15)10-12-21(13-11-19)17(22)16-8-5-9-16/h2-4,6-7,16H,5,8-14H2,1H3,(H,20,23). The Morgan fingerprint density at radius 1 is 1.17 bits per heavy atom. The molecular formula is C19H26N2O2. The van der Waals surface area contributed by atoms with E-state index in [-0.39, 0.29) is 17.2 Å². The van der Waals surface area contributed by atoms with Gasteiger partial charge in [-0.05, 0) is 31.2 Å². The van der Waals surface area contributed by atoms with Crippen molar-refractivity contribution < 1.29 is 9.59 Å². The molecule has 1 aliphatic heterocycles. The van der Waals surface area contributed by atoms with Crippen LogP contribution in [0.25, 0.3) is 0 Å². The predicted molar refractivity (Wildman–Crippen MR) is 89.6 cm³/mol. The summed E-state index contributed by atoms with van der Waals surface area (Å²) < 4.78 is 0. The van der Waals surface area contributed by atoms with Gasteiger partial charge in [0.05, 0.1) is 0 Å². The van der Waals surface area contributed by atoms with E-state index in [1.54, 1.807) is 0 Å². The van der Waals surface area contributed by atoms with Gasteiger partial charge in [0.1, 0.15) is 0 Å². The van der Waals surface area contributed by atoms with Crippen LogP contribution in [0.5, 0.6) is 0 Å². The fraction of sp³-hybridized carbons (Fsp3) is 0.579. The van der Waals surface area contributed by atoms with E-state index >= 15 is 0 Å². The first kappa shape index (κ1) is 16.0. The van der Waals surface area contributed by atoms with Crippen molar-refractivity contribution in [1.82, 2.24) is 10.2 Å². The van der Waals surface area contributed by atoms with Gasteiger partial charge in [-0.3, -0.25) is 9.59 Å². The Hall–Kier alpha value is -1.84. The maximum atomic E-state index is 12.6. The summed E-state index contributed by atoms with van der Waals surface area (Å²) in [5.74, 6) is 0.673. The molecule has 1 saturated carbocycles. The van der Waals surface area contributed by atoms with Gasteiger partial charge in [0.25, 0.3) is 0 Å². The molecule has 0 spiro atoms. The van der Waals surface area contributed by atoms with Crippen LogP contribution < -0.4 is 5.32 Å². The third-order valence-electron chi connectivity index (χ3n) is 5.48. The van der Waals surface area contributed by atoms with Crippen LogP contribution in [0.2, 0.25) is 0 Å². The summed E-state index contributed by atoms with van der Waals surface area (Å²) in [6.07, 6.45) is 4.79. The molecule has 0 aromatic heterocycles. The zero-order valence-corrected chi connectivity index (χ0v) is 13.9. The Kier molecular flexibility index (Phi) is 4.69. The lowest BCUT2D eigenvalue weighted by atomic mass is 9.78. The van der Waals surface area contributed by atoms with Gasteiger partial charge in [-0.1, -0.05) is 43.7 Å². The molecule has 4 heteroatoms. The molecule has 0 bridgehead atoms. The van der Waals surface area contributed by atoms with E-state index in [2.05, 4.69) is 5.32 Å². The number of carbonyl (C=O) groups is 2. The maximum absolute atomic E-state index is 12.6. The number of piperidine rings is 1. The number of likely N-dealkylation sites (tertiary alicyclic amines) is 1. The minimum Gasteiger partial charge on any atom is -0.352 e. The van der Waals surface area contributed by atoms with E-state index in [1.165, 1.54) is 6.42 Å². The van der Waals surface area contributed by atoms with E-state index in [4.69, 9.17) is 0 Å². The first-order valence-corrected chi connectivity index (χ1v) is 8.69. The largest absolute Gasteiger partial charge is 0.352 e. The van der Waals surface area contributed by atoms with E-state index in [0.29, 0.717) is 25.5 Å². The second kappa shape index (κ2) is 6.73. The molecule has 0 unspecified atom stereocenters. The summed E-state index contributed by atoms with van der Waals surface area (Å²) >= 11 is 0. The monoisotopic (exact) mass is 314 g/mol. The molecule has 1 aromatic rings. The highest BCUT2D eigenvalue weighted by molar-refractivity contribution is 5.83. The minimum absolute atomic E-state index is 0.108. The van der Waals surface area contributed by atoms with Crippen LogP contribution in [-0.4, -0.2) is 29.8 Å². The highest BCUT2D eigenvalue weighted by Gasteiger charge is 2.39. The van der Waals surface area contributed by atoms with E-state index in [9.17, 15) is 9.59 Å². The molecule has 0 radical (unpaired) electrons. The first-order valence-electron chi connectivity index (χ1n) is 8.69. The highest BCUT2D eigenvalue weighted by Crippen LogP contribution is 2.34. The van der Waals surface area contributed by atoms with Crippen LogP contribution in [-0.2, 0) is 16.1 Å². The first-order chi connectivity index (χ1) is 11.1. The molecule has 1 aromatic carbocycles. The highest BCUT2D eigenvalue weighted by atomic mass is 16.2. The van der Waals surface area contributed by atoms with Crippen LogP contribution in [0.15, 0.2) is 30.3 Å². The van der Waals surface area contributed by atoms with Crippen LogP contribution in [0.4, 0.5) is 0 Å². The van der Waals surface area contributed by atoms with Gasteiger partial charge in [-0.15, -0.1) is 0 Å². The molecule has 2 fully saturated rings. The summed E-state index contributed by atoms with van der Waals surface area (Å²) in [5.41, 5.74) is 0.757. The Morgan fingerprint density at radius 3 is 2.39 bits per heavy atom. The third-order valence-corrected chi connectivity index (χ3v) is 5.48. The van der Waals surface area contributed by atoms with E-state index in [0.717, 1.165) is 31.2 Å². The summed E-state index contributed by atoms with van der Waals surface area (Å²) in [6.45, 7) is 4.02. The normalized spacial score (nSPS) is 20.7. The second-order valence-corrected chi connectivity index (χ2v) is 7.18. The van der Waals surface area contributed by atoms with Gasteiger partial charge in [0.2, 0.25) is 11.8 Å². The van der Waals surface area contributed by atoms with Crippen LogP contribution >= 0.6 is 0 Å². The van der Waals surface area contributed by atoms with Gasteiger partial charge in [0.15, 0.2) is 0 Å². The summed E-state index contributed by atoms with van der Waals surface area (Å²) in [7, 11) is 0. The summed E-state index contributed by atoms with van der Waals surface area (Å²) in [5, 5.41) is 3.06. The Labute approximate surface area is 138 Å². The van der Waals surface area contributed by atoms with Gasteiger partial charge in [0, 0.05) is 31.0 Å². The van der Waals surface area contributed by atoms with Gasteiger partial charge in [-0.2, -0.15) is 0 Å². The lowest BCUT2D eigenvalue weighted by molar-refractivity contribution is -0.144. The summed E-state index contributed by atoms with van der Waals surface area (Å²) in [6, 6.07) is 9.97. The van der Waals surface area contributed by atoms with Crippen molar-refractivity contribution in [3.8, 4) is 0 Å². The zero-order valence-electron chi connectivity index (χ0n) is 13.9. The Morgan fingerprint density at radius 2 is 1.83 bits per heavy atom. The summed E-state index contributed by atoms with van der Waals surface area (Å²) in [4.78, 5) is 26.8. The predicted octanol–water partition coefficient (Wildman–Crippen LogP) is 2.73. The molecule has 1 saturated heterocycles. The molecule has 1 heterocycles. The Bertz CT molecular complexity index is 558. The van der Waals surface area contributed by atoms with Crippen LogP contribution in [0.3, 0.4) is 0 Å². The van der Waals surface area contributed by atoms with Crippen molar-refractivity contribution >= 4 is 11.8 Å². The average molecular weight is 314 g/mol. The number of nitrogens with one attached hydrogen (secondary N) is 1. The minimum atomic E-state index is -0.356. The SMILES string of the molecule is CC1(C(=O)NCc2ccccc2)CCN(C(=O)C2CCC2)CC1. The van der Waals surface area contributed by atoms with Crippen molar-refractivity contribution in [3.05, 3.63) is 35.9 Å². The van der Waals surface area contributed by atoms with Crippen molar-refractivity contribution in [3.63, 3.8) is 0 Å². The van der Waals surface area contributed by atoms with Crippen molar-refractivity contribution in [1.29, 1.82) is 0 Å². The van der Waals surface area contributed by atoms with Gasteiger partial charge < -0.3 is 10.2 Å². The van der Waals surface area contributed by atoms with Crippen LogP contribution in [0, 0.1) is 11.3 Å². The van der Waals surface area contributed by atoms with Crippen molar-refractivity contribution in [2.75, 3.05) is 13.1 Å². The number of amides is 2. The molecule has 3 rings (SSSR count). The number of benzene rings is 1. The molecule has 23 heavy (non-hydrogen) atoms. The maximum Gasteiger partial charge on any atom is 0.226 e. The quantitative estimate of drug-likeness (QED) is 0.929. The fourth-order valence-electron chi connectivity index (χ4n) is 3.35. The lowest BCUT2D eigenvalue weighted by Gasteiger charge is -2.40. The smallest absolute Gasteiger partial charge is 0.226 e. The van der Waals surface area contributed by atoms with Crippen LogP contribution in [0.1, 0.15) is 44.6 Å². The van der Waals surface area contributed by atoms with Crippen molar-refractivity contribution in [2.45, 2.75) is 45.6 Å². The second-order valence-electron chi connectivity index (χ2n) is 7.18. The molecule has 124 valence electrons. The molecule has 1 N–H and O–H groups in total. The fourth-order valence-corrected chi connectivity index (χ4v) is 3.35.